The predicted octanol–water partition coefficient (Wildman–Crippen LogP) is 1.98. The highest BCUT2D eigenvalue weighted by Gasteiger charge is 2.23. The number of nitrogens with zero attached hydrogens (tertiary/aromatic N) is 1. The molecule has 1 aromatic carbocycles. The number of para-hydroxylation sites is 1. The van der Waals surface area contributed by atoms with Crippen LogP contribution in [-0.4, -0.2) is 18.5 Å². The maximum absolute atomic E-state index is 11.6. The van der Waals surface area contributed by atoms with E-state index >= 15 is 0 Å². The summed E-state index contributed by atoms with van der Waals surface area (Å²) < 4.78 is 0. The van der Waals surface area contributed by atoms with Gasteiger partial charge in [-0.05, 0) is 18.6 Å². The Hall–Kier alpha value is -0.770. The van der Waals surface area contributed by atoms with E-state index in [0.717, 1.165) is 12.1 Å². The summed E-state index contributed by atoms with van der Waals surface area (Å²) in [5.41, 5.74) is 6.78. The first kappa shape index (κ1) is 15.2. The Bertz CT molecular complexity index is 332. The molecule has 2 rings (SSSR count). The standard InChI is InChI=1S/C11H14N2O.2ClH/c12-9-6-7-11(14)13(8-9)10-4-2-1-3-5-10;;/h1-5,9H,6-8,12H2;2*1H. The minimum absolute atomic E-state index is 0. The van der Waals surface area contributed by atoms with Gasteiger partial charge in [0.25, 0.3) is 0 Å². The summed E-state index contributed by atoms with van der Waals surface area (Å²) in [6.07, 6.45) is 1.37. The van der Waals surface area contributed by atoms with Gasteiger partial charge < -0.3 is 10.6 Å². The van der Waals surface area contributed by atoms with E-state index < -0.39 is 0 Å². The number of amides is 1. The van der Waals surface area contributed by atoms with E-state index in [0.29, 0.717) is 13.0 Å². The van der Waals surface area contributed by atoms with Gasteiger partial charge in [0.1, 0.15) is 0 Å². The molecule has 90 valence electrons. The zero-order valence-corrected chi connectivity index (χ0v) is 10.5. The summed E-state index contributed by atoms with van der Waals surface area (Å²) in [7, 11) is 0. The molecular weight excluding hydrogens is 247 g/mol. The second-order valence-corrected chi connectivity index (χ2v) is 3.64. The van der Waals surface area contributed by atoms with Crippen molar-refractivity contribution in [3.05, 3.63) is 30.3 Å². The van der Waals surface area contributed by atoms with Gasteiger partial charge in [-0.25, -0.2) is 0 Å². The zero-order chi connectivity index (χ0) is 9.97. The Morgan fingerprint density at radius 1 is 1.19 bits per heavy atom. The topological polar surface area (TPSA) is 46.3 Å². The van der Waals surface area contributed by atoms with Crippen molar-refractivity contribution in [3.8, 4) is 0 Å². The van der Waals surface area contributed by atoms with E-state index in [1.807, 2.05) is 30.3 Å². The third-order valence-corrected chi connectivity index (χ3v) is 2.51. The molecule has 2 N–H and O–H groups in total. The molecule has 0 aliphatic carbocycles. The molecule has 1 saturated heterocycles. The van der Waals surface area contributed by atoms with Crippen molar-refractivity contribution in [3.63, 3.8) is 0 Å². The highest BCUT2D eigenvalue weighted by atomic mass is 35.5. The fourth-order valence-electron chi connectivity index (χ4n) is 1.73. The average Bonchev–Trinajstić information content (AvgIpc) is 2.23. The molecule has 1 aliphatic rings. The molecule has 5 heteroatoms. The monoisotopic (exact) mass is 262 g/mol. The largest absolute Gasteiger partial charge is 0.326 e. The van der Waals surface area contributed by atoms with Crippen LogP contribution < -0.4 is 10.6 Å². The van der Waals surface area contributed by atoms with Crippen molar-refractivity contribution in [1.29, 1.82) is 0 Å². The van der Waals surface area contributed by atoms with Gasteiger partial charge >= 0.3 is 0 Å². The van der Waals surface area contributed by atoms with E-state index in [1.165, 1.54) is 0 Å². The maximum atomic E-state index is 11.6. The zero-order valence-electron chi connectivity index (χ0n) is 8.83. The summed E-state index contributed by atoms with van der Waals surface area (Å²) in [5.74, 6) is 0.179. The van der Waals surface area contributed by atoms with Gasteiger partial charge in [0.15, 0.2) is 0 Å². The van der Waals surface area contributed by atoms with Crippen LogP contribution in [0.3, 0.4) is 0 Å². The Kier molecular flexibility index (Phi) is 6.41. The van der Waals surface area contributed by atoms with E-state index in [1.54, 1.807) is 4.90 Å². The smallest absolute Gasteiger partial charge is 0.227 e. The van der Waals surface area contributed by atoms with Crippen LogP contribution in [0.1, 0.15) is 12.8 Å². The molecule has 0 aromatic heterocycles. The van der Waals surface area contributed by atoms with Crippen molar-refractivity contribution < 1.29 is 4.79 Å². The molecular formula is C11H16Cl2N2O. The molecule has 1 fully saturated rings. The minimum atomic E-state index is 0. The number of hydrogen-bond donors (Lipinski definition) is 1. The van der Waals surface area contributed by atoms with E-state index in [9.17, 15) is 4.79 Å². The lowest BCUT2D eigenvalue weighted by Crippen LogP contribution is -2.46. The van der Waals surface area contributed by atoms with Gasteiger partial charge in [-0.15, -0.1) is 24.8 Å². The number of hydrogen-bond acceptors (Lipinski definition) is 2. The first-order chi connectivity index (χ1) is 6.77. The molecule has 0 bridgehead atoms. The lowest BCUT2D eigenvalue weighted by Gasteiger charge is -2.30. The molecule has 16 heavy (non-hydrogen) atoms. The molecule has 1 aliphatic heterocycles. The van der Waals surface area contributed by atoms with Crippen LogP contribution in [0, 0.1) is 0 Å². The Morgan fingerprint density at radius 2 is 1.81 bits per heavy atom. The summed E-state index contributed by atoms with van der Waals surface area (Å²) in [6, 6.07) is 9.81. The predicted molar refractivity (Wildman–Crippen MR) is 70.5 cm³/mol. The van der Waals surface area contributed by atoms with E-state index in [4.69, 9.17) is 5.73 Å². The molecule has 1 amide bonds. The Morgan fingerprint density at radius 3 is 2.44 bits per heavy atom. The van der Waals surface area contributed by atoms with Crippen LogP contribution in [0.5, 0.6) is 0 Å². The molecule has 1 unspecified atom stereocenters. The SMILES string of the molecule is Cl.Cl.NC1CCC(=O)N(c2ccccc2)C1. The molecule has 0 radical (unpaired) electrons. The second kappa shape index (κ2) is 6.74. The van der Waals surface area contributed by atoms with Crippen molar-refractivity contribution in [2.45, 2.75) is 18.9 Å². The molecule has 0 saturated carbocycles. The van der Waals surface area contributed by atoms with Gasteiger partial charge in [-0.3, -0.25) is 4.79 Å². The fraction of sp³-hybridized carbons (Fsp3) is 0.364. The molecule has 1 aromatic rings. The Balaban J connectivity index is 0.00000112. The molecule has 1 atom stereocenters. The van der Waals surface area contributed by atoms with Crippen molar-refractivity contribution in [2.75, 3.05) is 11.4 Å². The summed E-state index contributed by atoms with van der Waals surface area (Å²) >= 11 is 0. The average molecular weight is 263 g/mol. The van der Waals surface area contributed by atoms with E-state index in [2.05, 4.69) is 0 Å². The summed E-state index contributed by atoms with van der Waals surface area (Å²) in [4.78, 5) is 13.4. The molecule has 3 nitrogen and oxygen atoms in total. The summed E-state index contributed by atoms with van der Waals surface area (Å²) in [6.45, 7) is 0.642. The third-order valence-electron chi connectivity index (χ3n) is 2.51. The van der Waals surface area contributed by atoms with Crippen LogP contribution >= 0.6 is 24.8 Å². The molecule has 1 heterocycles. The molecule has 0 spiro atoms. The number of piperidine rings is 1. The van der Waals surface area contributed by atoms with Crippen LogP contribution in [-0.2, 0) is 4.79 Å². The van der Waals surface area contributed by atoms with Crippen molar-refractivity contribution in [1.82, 2.24) is 0 Å². The quantitative estimate of drug-likeness (QED) is 0.842. The number of anilines is 1. The number of halogens is 2. The van der Waals surface area contributed by atoms with Crippen molar-refractivity contribution in [2.24, 2.45) is 5.73 Å². The maximum Gasteiger partial charge on any atom is 0.227 e. The van der Waals surface area contributed by atoms with E-state index in [-0.39, 0.29) is 36.8 Å². The van der Waals surface area contributed by atoms with Gasteiger partial charge in [0.2, 0.25) is 5.91 Å². The lowest BCUT2D eigenvalue weighted by molar-refractivity contribution is -0.119. The van der Waals surface area contributed by atoms with Crippen LogP contribution in [0.25, 0.3) is 0 Å². The number of carbonyl (C=O) groups is 1. The third kappa shape index (κ3) is 3.37. The van der Waals surface area contributed by atoms with Gasteiger partial charge in [-0.2, -0.15) is 0 Å². The fourth-order valence-corrected chi connectivity index (χ4v) is 1.73. The normalized spacial score (nSPS) is 19.7. The van der Waals surface area contributed by atoms with Crippen LogP contribution in [0.15, 0.2) is 30.3 Å². The highest BCUT2D eigenvalue weighted by molar-refractivity contribution is 5.94. The van der Waals surface area contributed by atoms with Gasteiger partial charge in [0.05, 0.1) is 0 Å². The first-order valence-electron chi connectivity index (χ1n) is 4.88. The van der Waals surface area contributed by atoms with Crippen molar-refractivity contribution >= 4 is 36.4 Å². The Labute approximate surface area is 108 Å². The lowest BCUT2D eigenvalue weighted by atomic mass is 10.1. The van der Waals surface area contributed by atoms with Crippen LogP contribution in [0.4, 0.5) is 5.69 Å². The number of rotatable bonds is 1. The van der Waals surface area contributed by atoms with Gasteiger partial charge in [-0.1, -0.05) is 18.2 Å². The summed E-state index contributed by atoms with van der Waals surface area (Å²) in [5, 5.41) is 0. The van der Waals surface area contributed by atoms with Crippen LogP contribution in [0.2, 0.25) is 0 Å². The number of carbonyl (C=O) groups excluding carboxylic acids is 1. The first-order valence-corrected chi connectivity index (χ1v) is 4.88. The highest BCUT2D eigenvalue weighted by Crippen LogP contribution is 2.19. The minimum Gasteiger partial charge on any atom is -0.326 e. The number of benzene rings is 1. The van der Waals surface area contributed by atoms with Gasteiger partial charge in [0, 0.05) is 24.7 Å². The second-order valence-electron chi connectivity index (χ2n) is 3.64. The number of nitrogens with two attached hydrogens (primary N) is 1.